The zero-order chi connectivity index (χ0) is 16.7. The Labute approximate surface area is 147 Å². The molecule has 2 bridgehead atoms. The van der Waals surface area contributed by atoms with Crippen LogP contribution >= 0.6 is 11.3 Å². The molecule has 4 rings (SSSR count). The molecule has 0 aromatic carbocycles. The van der Waals surface area contributed by atoms with Crippen molar-refractivity contribution in [1.29, 1.82) is 0 Å². The lowest BCUT2D eigenvalue weighted by Gasteiger charge is -2.21. The van der Waals surface area contributed by atoms with Gasteiger partial charge >= 0.3 is 0 Å². The van der Waals surface area contributed by atoms with Crippen molar-refractivity contribution in [2.45, 2.75) is 50.9 Å². The Morgan fingerprint density at radius 2 is 2.17 bits per heavy atom. The monoisotopic (exact) mass is 368 g/mol. The van der Waals surface area contributed by atoms with E-state index in [-0.39, 0.29) is 29.8 Å². The Morgan fingerprint density at radius 1 is 1.29 bits per heavy atom. The van der Waals surface area contributed by atoms with Crippen molar-refractivity contribution < 1.29 is 13.2 Å². The van der Waals surface area contributed by atoms with Gasteiger partial charge < -0.3 is 5.32 Å². The van der Waals surface area contributed by atoms with Gasteiger partial charge in [0.1, 0.15) is 0 Å². The number of rotatable bonds is 4. The van der Waals surface area contributed by atoms with Crippen molar-refractivity contribution in [3.05, 3.63) is 11.1 Å². The average molecular weight is 369 g/mol. The van der Waals surface area contributed by atoms with Crippen LogP contribution in [-0.2, 0) is 14.6 Å². The number of hydrogen-bond donors (Lipinski definition) is 1. The van der Waals surface area contributed by atoms with Gasteiger partial charge in [-0.3, -0.25) is 4.79 Å². The van der Waals surface area contributed by atoms with Crippen LogP contribution in [0.2, 0.25) is 0 Å². The molecule has 0 unspecified atom stereocenters. The van der Waals surface area contributed by atoms with E-state index in [0.29, 0.717) is 17.5 Å². The summed E-state index contributed by atoms with van der Waals surface area (Å²) >= 11 is 1.49. The third-order valence-corrected chi connectivity index (χ3v) is 8.58. The summed E-state index contributed by atoms with van der Waals surface area (Å²) in [4.78, 5) is 16.9. The van der Waals surface area contributed by atoms with E-state index in [2.05, 4.69) is 15.7 Å². The molecular formula is C17H24N2O3S2. The maximum Gasteiger partial charge on any atom is 0.226 e. The van der Waals surface area contributed by atoms with Gasteiger partial charge in [0.05, 0.1) is 17.2 Å². The molecule has 132 valence electrons. The molecule has 4 atom stereocenters. The Kier molecular flexibility index (Phi) is 4.41. The van der Waals surface area contributed by atoms with Crippen molar-refractivity contribution in [3.8, 4) is 0 Å². The number of anilines is 1. The molecular weight excluding hydrogens is 344 g/mol. The molecule has 2 aliphatic carbocycles. The largest absolute Gasteiger partial charge is 0.302 e. The molecule has 1 aromatic heterocycles. The van der Waals surface area contributed by atoms with Crippen LogP contribution in [0.5, 0.6) is 0 Å². The Morgan fingerprint density at radius 3 is 2.88 bits per heavy atom. The van der Waals surface area contributed by atoms with Crippen LogP contribution in [0.1, 0.15) is 56.6 Å². The molecule has 2 heterocycles. The first-order valence-corrected chi connectivity index (χ1v) is 11.6. The van der Waals surface area contributed by atoms with Gasteiger partial charge in [-0.05, 0) is 49.9 Å². The number of sulfone groups is 1. The molecule has 3 fully saturated rings. The minimum absolute atomic E-state index is 0.0475. The summed E-state index contributed by atoms with van der Waals surface area (Å²) in [6.07, 6.45) is 7.07. The summed E-state index contributed by atoms with van der Waals surface area (Å²) in [5.41, 5.74) is 1.14. The lowest BCUT2D eigenvalue weighted by Crippen LogP contribution is -2.28. The fourth-order valence-electron chi connectivity index (χ4n) is 4.83. The van der Waals surface area contributed by atoms with Gasteiger partial charge in [-0.2, -0.15) is 0 Å². The van der Waals surface area contributed by atoms with Gasteiger partial charge in [0.15, 0.2) is 15.0 Å². The number of amides is 1. The van der Waals surface area contributed by atoms with Gasteiger partial charge in [-0.25, -0.2) is 13.4 Å². The molecule has 2 saturated carbocycles. The van der Waals surface area contributed by atoms with E-state index in [4.69, 9.17) is 0 Å². The van der Waals surface area contributed by atoms with Crippen LogP contribution in [0, 0.1) is 17.8 Å². The van der Waals surface area contributed by atoms with Gasteiger partial charge in [0.2, 0.25) is 5.91 Å². The van der Waals surface area contributed by atoms with Crippen molar-refractivity contribution in [2.24, 2.45) is 17.8 Å². The Hall–Kier alpha value is -0.950. The molecule has 3 aliphatic rings. The minimum atomic E-state index is -2.96. The fourth-order valence-corrected chi connectivity index (χ4v) is 7.40. The van der Waals surface area contributed by atoms with E-state index in [1.807, 2.05) is 0 Å². The maximum absolute atomic E-state index is 12.2. The molecule has 1 aromatic rings. The minimum Gasteiger partial charge on any atom is -0.302 e. The fraction of sp³-hybridized carbons (Fsp3) is 0.765. The zero-order valence-electron chi connectivity index (χ0n) is 13.7. The topological polar surface area (TPSA) is 76.1 Å². The number of nitrogens with zero attached hydrogens (tertiary/aromatic N) is 1. The van der Waals surface area contributed by atoms with Crippen LogP contribution in [0.4, 0.5) is 5.13 Å². The first-order valence-electron chi connectivity index (χ1n) is 8.94. The highest BCUT2D eigenvalue weighted by atomic mass is 32.2. The van der Waals surface area contributed by atoms with E-state index < -0.39 is 9.84 Å². The average Bonchev–Trinajstić information content (AvgIpc) is 3.21. The summed E-state index contributed by atoms with van der Waals surface area (Å²) in [6.45, 7) is 0. The second kappa shape index (κ2) is 6.41. The molecule has 1 aliphatic heterocycles. The number of fused-ring (bicyclic) bond motifs is 2. The number of carbonyl (C=O) groups is 1. The van der Waals surface area contributed by atoms with Crippen LogP contribution in [0.25, 0.3) is 0 Å². The van der Waals surface area contributed by atoms with Crippen LogP contribution < -0.4 is 5.32 Å². The molecule has 0 spiro atoms. The molecule has 24 heavy (non-hydrogen) atoms. The van der Waals surface area contributed by atoms with Crippen molar-refractivity contribution in [2.75, 3.05) is 16.8 Å². The second-order valence-corrected chi connectivity index (χ2v) is 10.8. The lowest BCUT2D eigenvalue weighted by molar-refractivity contribution is -0.117. The quantitative estimate of drug-likeness (QED) is 0.885. The van der Waals surface area contributed by atoms with E-state index in [0.717, 1.165) is 24.0 Å². The van der Waals surface area contributed by atoms with Gasteiger partial charge in [0, 0.05) is 17.7 Å². The number of thiazole rings is 1. The molecule has 1 N–H and O–H groups in total. The van der Waals surface area contributed by atoms with Gasteiger partial charge in [0.25, 0.3) is 0 Å². The third kappa shape index (κ3) is 3.52. The molecule has 1 amide bonds. The first kappa shape index (κ1) is 16.5. The van der Waals surface area contributed by atoms with Crippen molar-refractivity contribution in [3.63, 3.8) is 0 Å². The SMILES string of the molecule is O=C(C[C@H]1CCCS(=O)(=O)C1)Nc1nc([C@@H]2C[C@H]3CC[C@H]2C3)cs1. The van der Waals surface area contributed by atoms with E-state index >= 15 is 0 Å². The summed E-state index contributed by atoms with van der Waals surface area (Å²) < 4.78 is 23.3. The highest BCUT2D eigenvalue weighted by Gasteiger charge is 2.41. The normalized spacial score (nSPS) is 34.3. The van der Waals surface area contributed by atoms with Gasteiger partial charge in [-0.1, -0.05) is 6.42 Å². The highest BCUT2D eigenvalue weighted by Crippen LogP contribution is 2.52. The van der Waals surface area contributed by atoms with E-state index in [1.54, 1.807) is 0 Å². The summed E-state index contributed by atoms with van der Waals surface area (Å²) in [6, 6.07) is 0. The van der Waals surface area contributed by atoms with E-state index in [9.17, 15) is 13.2 Å². The zero-order valence-corrected chi connectivity index (χ0v) is 15.4. The van der Waals surface area contributed by atoms with Crippen LogP contribution in [0.15, 0.2) is 5.38 Å². The van der Waals surface area contributed by atoms with Crippen LogP contribution in [0.3, 0.4) is 0 Å². The third-order valence-electron chi connectivity index (χ3n) is 5.92. The second-order valence-electron chi connectivity index (χ2n) is 7.73. The predicted molar refractivity (Wildman–Crippen MR) is 94.9 cm³/mol. The highest BCUT2D eigenvalue weighted by molar-refractivity contribution is 7.91. The Bertz CT molecular complexity index is 728. The number of carbonyl (C=O) groups excluding carboxylic acids is 1. The van der Waals surface area contributed by atoms with Crippen LogP contribution in [-0.4, -0.2) is 30.8 Å². The summed E-state index contributed by atoms with van der Waals surface area (Å²) in [7, 11) is -2.96. The lowest BCUT2D eigenvalue weighted by atomic mass is 9.87. The summed E-state index contributed by atoms with van der Waals surface area (Å²) in [5.74, 6) is 2.51. The predicted octanol–water partition coefficient (Wildman–Crippen LogP) is 3.20. The Balaban J connectivity index is 1.33. The maximum atomic E-state index is 12.2. The number of hydrogen-bond acceptors (Lipinski definition) is 5. The molecule has 7 heteroatoms. The number of aromatic nitrogens is 1. The smallest absolute Gasteiger partial charge is 0.226 e. The van der Waals surface area contributed by atoms with Crippen molar-refractivity contribution >= 4 is 32.2 Å². The molecule has 1 saturated heterocycles. The first-order chi connectivity index (χ1) is 11.5. The standard InChI is InChI=1S/C17H24N2O3S2/c20-16(8-12-2-1-5-24(21,22)10-12)19-17-18-15(9-23-17)14-7-11-3-4-13(14)6-11/h9,11-14H,1-8,10H2,(H,18,19,20)/t11-,12+,13-,14+/m0/s1. The molecule has 5 nitrogen and oxygen atoms in total. The van der Waals surface area contributed by atoms with Crippen molar-refractivity contribution in [1.82, 2.24) is 4.98 Å². The van der Waals surface area contributed by atoms with E-state index in [1.165, 1.54) is 37.0 Å². The molecule has 0 radical (unpaired) electrons. The summed E-state index contributed by atoms with van der Waals surface area (Å²) in [5, 5.41) is 5.63. The number of nitrogens with one attached hydrogen (secondary N) is 1. The van der Waals surface area contributed by atoms with Gasteiger partial charge in [-0.15, -0.1) is 11.3 Å².